The number of aryl methyl sites for hydroxylation is 1. The maximum atomic E-state index is 10.8. The largest absolute Gasteiger partial charge is 0.384 e. The van der Waals surface area contributed by atoms with Crippen molar-refractivity contribution in [1.82, 2.24) is 15.1 Å². The number of anilines is 1. The Bertz CT molecular complexity index is 306. The Morgan fingerprint density at radius 3 is 2.92 bits per heavy atom. The van der Waals surface area contributed by atoms with E-state index in [0.717, 1.165) is 5.56 Å². The molecule has 0 aromatic carbocycles. The number of hydrogen-bond acceptors (Lipinski definition) is 4. The summed E-state index contributed by atoms with van der Waals surface area (Å²) >= 11 is 0. The summed E-state index contributed by atoms with van der Waals surface area (Å²) in [5, 5.41) is 6.53. The van der Waals surface area contributed by atoms with Gasteiger partial charge < -0.3 is 16.8 Å². The summed E-state index contributed by atoms with van der Waals surface area (Å²) in [6.07, 6.45) is 1.62. The van der Waals surface area contributed by atoms with Crippen molar-refractivity contribution in [2.24, 2.45) is 12.8 Å². The van der Waals surface area contributed by atoms with Gasteiger partial charge in [-0.3, -0.25) is 9.48 Å². The highest BCUT2D eigenvalue weighted by Gasteiger charge is 2.04. The molecule has 0 bridgehead atoms. The number of hydrogen-bond donors (Lipinski definition) is 3. The Kier molecular flexibility index (Phi) is 2.86. The van der Waals surface area contributed by atoms with E-state index in [1.807, 2.05) is 0 Å². The molecule has 1 aromatic heterocycles. The van der Waals surface area contributed by atoms with E-state index in [9.17, 15) is 4.79 Å². The van der Waals surface area contributed by atoms with Crippen LogP contribution in [0, 0.1) is 0 Å². The highest BCUT2D eigenvalue weighted by Crippen LogP contribution is 2.07. The predicted molar refractivity (Wildman–Crippen MR) is 48.5 cm³/mol. The van der Waals surface area contributed by atoms with Gasteiger partial charge >= 0.3 is 0 Å². The molecule has 1 amide bonds. The van der Waals surface area contributed by atoms with Gasteiger partial charge in [-0.2, -0.15) is 5.10 Å². The van der Waals surface area contributed by atoms with E-state index >= 15 is 0 Å². The Morgan fingerprint density at radius 1 is 1.77 bits per heavy atom. The van der Waals surface area contributed by atoms with E-state index in [-0.39, 0.29) is 12.5 Å². The predicted octanol–water partition coefficient (Wildman–Crippen LogP) is -1.42. The van der Waals surface area contributed by atoms with Crippen molar-refractivity contribution in [1.29, 1.82) is 0 Å². The molecule has 6 heteroatoms. The third-order valence-corrected chi connectivity index (χ3v) is 1.73. The minimum atomic E-state index is -0.205. The number of carbonyl (C=O) groups is 1. The normalized spacial score (nSPS) is 10.0. The number of nitrogen functional groups attached to an aromatic ring is 1. The Hall–Kier alpha value is -1.56. The molecule has 0 aliphatic carbocycles. The van der Waals surface area contributed by atoms with Crippen LogP contribution in [0.4, 0.5) is 5.82 Å². The molecular formula is C7H13N5O. The second kappa shape index (κ2) is 3.90. The fourth-order valence-corrected chi connectivity index (χ4v) is 0.895. The number of aromatic nitrogens is 2. The van der Waals surface area contributed by atoms with Gasteiger partial charge in [0.2, 0.25) is 5.91 Å². The van der Waals surface area contributed by atoms with Gasteiger partial charge in [0.1, 0.15) is 5.82 Å². The summed E-state index contributed by atoms with van der Waals surface area (Å²) in [5.41, 5.74) is 11.6. The molecule has 5 N–H and O–H groups in total. The summed E-state index contributed by atoms with van der Waals surface area (Å²) in [6, 6.07) is 0. The lowest BCUT2D eigenvalue weighted by molar-refractivity contribution is -0.119. The number of carbonyl (C=O) groups excluding carboxylic acids is 1. The number of nitrogens with one attached hydrogen (secondary N) is 1. The van der Waals surface area contributed by atoms with Gasteiger partial charge in [-0.25, -0.2) is 0 Å². The first kappa shape index (κ1) is 9.53. The maximum absolute atomic E-state index is 10.8. The van der Waals surface area contributed by atoms with Gasteiger partial charge in [0, 0.05) is 19.2 Å². The molecule has 0 unspecified atom stereocenters. The summed E-state index contributed by atoms with van der Waals surface area (Å²) in [6.45, 7) is 0.357. The van der Waals surface area contributed by atoms with E-state index in [1.165, 1.54) is 0 Å². The Morgan fingerprint density at radius 2 is 2.46 bits per heavy atom. The van der Waals surface area contributed by atoms with Crippen LogP contribution in [0.3, 0.4) is 0 Å². The van der Waals surface area contributed by atoms with E-state index in [0.29, 0.717) is 12.4 Å². The average Bonchev–Trinajstić information content (AvgIpc) is 2.44. The molecule has 0 saturated heterocycles. The highest BCUT2D eigenvalue weighted by molar-refractivity contribution is 5.77. The van der Waals surface area contributed by atoms with Crippen LogP contribution in [0.25, 0.3) is 0 Å². The van der Waals surface area contributed by atoms with Crippen molar-refractivity contribution in [3.05, 3.63) is 11.8 Å². The average molecular weight is 183 g/mol. The standard InChI is InChI=1S/C7H13N5O/c1-12-7(9)5(4-11-12)3-10-6(13)2-8/h4H,2-3,8-9H2,1H3,(H,10,13). The van der Waals surface area contributed by atoms with E-state index in [4.69, 9.17) is 11.5 Å². The highest BCUT2D eigenvalue weighted by atomic mass is 16.1. The monoisotopic (exact) mass is 183 g/mol. The van der Waals surface area contributed by atoms with Gasteiger partial charge in [-0.15, -0.1) is 0 Å². The van der Waals surface area contributed by atoms with Gasteiger partial charge in [-0.05, 0) is 0 Å². The second-order valence-corrected chi connectivity index (χ2v) is 2.66. The first-order valence-electron chi connectivity index (χ1n) is 3.88. The van der Waals surface area contributed by atoms with Gasteiger partial charge in [0.25, 0.3) is 0 Å². The molecule has 1 heterocycles. The van der Waals surface area contributed by atoms with Crippen LogP contribution in [0.15, 0.2) is 6.20 Å². The van der Waals surface area contributed by atoms with Crippen LogP contribution in [0.1, 0.15) is 5.56 Å². The lowest BCUT2D eigenvalue weighted by Crippen LogP contribution is -2.29. The Balaban J connectivity index is 2.55. The molecule has 0 aliphatic heterocycles. The zero-order chi connectivity index (χ0) is 9.84. The van der Waals surface area contributed by atoms with Crippen molar-refractivity contribution in [2.75, 3.05) is 12.3 Å². The zero-order valence-corrected chi connectivity index (χ0v) is 7.45. The van der Waals surface area contributed by atoms with Crippen molar-refractivity contribution in [3.8, 4) is 0 Å². The van der Waals surface area contributed by atoms with E-state index in [2.05, 4.69) is 10.4 Å². The molecule has 0 saturated carbocycles. The van der Waals surface area contributed by atoms with Crippen LogP contribution < -0.4 is 16.8 Å². The molecule has 0 fully saturated rings. The number of amides is 1. The van der Waals surface area contributed by atoms with Gasteiger partial charge in [0.05, 0.1) is 12.7 Å². The lowest BCUT2D eigenvalue weighted by atomic mass is 10.3. The minimum absolute atomic E-state index is 0.0137. The van der Waals surface area contributed by atoms with Crippen molar-refractivity contribution in [2.45, 2.75) is 6.54 Å². The molecule has 6 nitrogen and oxygen atoms in total. The third kappa shape index (κ3) is 2.19. The molecule has 0 spiro atoms. The molecule has 13 heavy (non-hydrogen) atoms. The molecule has 72 valence electrons. The first-order valence-corrected chi connectivity index (χ1v) is 3.88. The second-order valence-electron chi connectivity index (χ2n) is 2.66. The maximum Gasteiger partial charge on any atom is 0.234 e. The summed E-state index contributed by atoms with van der Waals surface area (Å²) in [5.74, 6) is 0.348. The Labute approximate surface area is 75.9 Å². The van der Waals surface area contributed by atoms with Crippen LogP contribution in [0.2, 0.25) is 0 Å². The number of nitrogens with two attached hydrogens (primary N) is 2. The van der Waals surface area contributed by atoms with E-state index < -0.39 is 0 Å². The lowest BCUT2D eigenvalue weighted by Gasteiger charge is -2.02. The van der Waals surface area contributed by atoms with Crippen LogP contribution in [-0.4, -0.2) is 22.2 Å². The first-order chi connectivity index (χ1) is 6.15. The summed E-state index contributed by atoms with van der Waals surface area (Å²) in [7, 11) is 1.74. The minimum Gasteiger partial charge on any atom is -0.384 e. The van der Waals surface area contributed by atoms with Crippen molar-refractivity contribution < 1.29 is 4.79 Å². The van der Waals surface area contributed by atoms with Gasteiger partial charge in [0.15, 0.2) is 0 Å². The van der Waals surface area contributed by atoms with Crippen molar-refractivity contribution in [3.63, 3.8) is 0 Å². The fourth-order valence-electron chi connectivity index (χ4n) is 0.895. The smallest absolute Gasteiger partial charge is 0.234 e. The zero-order valence-electron chi connectivity index (χ0n) is 7.45. The molecule has 1 rings (SSSR count). The topological polar surface area (TPSA) is 99.0 Å². The number of nitrogens with zero attached hydrogens (tertiary/aromatic N) is 2. The third-order valence-electron chi connectivity index (χ3n) is 1.73. The van der Waals surface area contributed by atoms with Crippen LogP contribution in [0.5, 0.6) is 0 Å². The quantitative estimate of drug-likeness (QED) is 0.535. The van der Waals surface area contributed by atoms with Crippen LogP contribution >= 0.6 is 0 Å². The number of rotatable bonds is 3. The van der Waals surface area contributed by atoms with Gasteiger partial charge in [-0.1, -0.05) is 0 Å². The fraction of sp³-hybridized carbons (Fsp3) is 0.429. The summed E-state index contributed by atoms with van der Waals surface area (Å²) < 4.78 is 1.55. The summed E-state index contributed by atoms with van der Waals surface area (Å²) in [4.78, 5) is 10.8. The molecular weight excluding hydrogens is 170 g/mol. The molecule has 0 aliphatic rings. The van der Waals surface area contributed by atoms with Crippen LogP contribution in [-0.2, 0) is 18.4 Å². The van der Waals surface area contributed by atoms with E-state index in [1.54, 1.807) is 17.9 Å². The molecule has 0 radical (unpaired) electrons. The molecule has 0 atom stereocenters. The molecule has 1 aromatic rings. The van der Waals surface area contributed by atoms with Crippen molar-refractivity contribution >= 4 is 11.7 Å². The SMILES string of the molecule is Cn1ncc(CNC(=O)CN)c1N.